The van der Waals surface area contributed by atoms with Gasteiger partial charge in [-0.05, 0) is 49.9 Å². The molecule has 0 aliphatic carbocycles. The Labute approximate surface area is 114 Å². The number of unbranched alkanes of at least 4 members (excludes halogenated alkanes) is 1. The summed E-state index contributed by atoms with van der Waals surface area (Å²) >= 11 is 5.83. The van der Waals surface area contributed by atoms with Gasteiger partial charge in [0.15, 0.2) is 0 Å². The molecule has 1 unspecified atom stereocenters. The highest BCUT2D eigenvalue weighted by atomic mass is 35.5. The average molecular weight is 271 g/mol. The van der Waals surface area contributed by atoms with E-state index >= 15 is 0 Å². The molecule has 0 amide bonds. The minimum atomic E-state index is 0.0433. The first-order valence-electron chi connectivity index (χ1n) is 6.56. The first kappa shape index (κ1) is 15.4. The number of nitrogens with one attached hydrogen (secondary N) is 1. The Morgan fingerprint density at radius 2 is 1.89 bits per heavy atom. The van der Waals surface area contributed by atoms with Crippen LogP contribution in [-0.4, -0.2) is 24.4 Å². The fourth-order valence-electron chi connectivity index (χ4n) is 1.81. The third-order valence-corrected chi connectivity index (χ3v) is 3.14. The number of aliphatic hydroxyl groups is 1. The molecule has 1 rings (SSSR count). The van der Waals surface area contributed by atoms with Crippen molar-refractivity contribution in [1.29, 1.82) is 0 Å². The zero-order valence-corrected chi connectivity index (χ0v) is 11.5. The van der Waals surface area contributed by atoms with Gasteiger partial charge in [0.1, 0.15) is 0 Å². The average Bonchev–Trinajstić information content (AvgIpc) is 2.37. The number of hydrogen-bond acceptors (Lipinski definition) is 3. The van der Waals surface area contributed by atoms with Crippen molar-refractivity contribution in [2.75, 3.05) is 13.2 Å². The monoisotopic (exact) mass is 270 g/mol. The molecular weight excluding hydrogens is 248 g/mol. The summed E-state index contributed by atoms with van der Waals surface area (Å²) in [5, 5.41) is 12.6. The van der Waals surface area contributed by atoms with Crippen molar-refractivity contribution in [3.05, 3.63) is 34.9 Å². The molecule has 0 aliphatic heterocycles. The van der Waals surface area contributed by atoms with Crippen LogP contribution in [-0.2, 0) is 6.42 Å². The van der Waals surface area contributed by atoms with Crippen molar-refractivity contribution < 1.29 is 5.11 Å². The first-order valence-corrected chi connectivity index (χ1v) is 6.94. The van der Waals surface area contributed by atoms with Crippen LogP contribution in [0.5, 0.6) is 0 Å². The molecule has 0 aromatic heterocycles. The van der Waals surface area contributed by atoms with Gasteiger partial charge in [0.05, 0.1) is 6.17 Å². The van der Waals surface area contributed by atoms with E-state index in [0.29, 0.717) is 0 Å². The molecule has 0 saturated carbocycles. The Kier molecular flexibility index (Phi) is 8.01. The molecule has 0 spiro atoms. The Morgan fingerprint density at radius 1 is 1.17 bits per heavy atom. The molecule has 1 aromatic rings. The van der Waals surface area contributed by atoms with Crippen LogP contribution < -0.4 is 11.1 Å². The highest BCUT2D eigenvalue weighted by molar-refractivity contribution is 6.30. The van der Waals surface area contributed by atoms with Crippen molar-refractivity contribution in [1.82, 2.24) is 5.32 Å². The molecule has 18 heavy (non-hydrogen) atoms. The maximum absolute atomic E-state index is 8.65. The summed E-state index contributed by atoms with van der Waals surface area (Å²) in [7, 11) is 0. The molecule has 0 saturated heterocycles. The summed E-state index contributed by atoms with van der Waals surface area (Å²) < 4.78 is 0. The second-order valence-corrected chi connectivity index (χ2v) is 4.95. The molecule has 0 fully saturated rings. The highest BCUT2D eigenvalue weighted by Crippen LogP contribution is 2.12. The van der Waals surface area contributed by atoms with Gasteiger partial charge in [0.2, 0.25) is 0 Å². The molecule has 1 aromatic carbocycles. The van der Waals surface area contributed by atoms with Gasteiger partial charge in [-0.1, -0.05) is 30.2 Å². The molecule has 102 valence electrons. The summed E-state index contributed by atoms with van der Waals surface area (Å²) in [6.45, 7) is 1.01. The first-order chi connectivity index (χ1) is 8.72. The lowest BCUT2D eigenvalue weighted by atomic mass is 10.1. The smallest absolute Gasteiger partial charge is 0.0546 e. The van der Waals surface area contributed by atoms with Crippen molar-refractivity contribution in [3.63, 3.8) is 0 Å². The number of nitrogens with two attached hydrogens (primary N) is 1. The third-order valence-electron chi connectivity index (χ3n) is 2.89. The van der Waals surface area contributed by atoms with E-state index in [-0.39, 0.29) is 12.8 Å². The lowest BCUT2D eigenvalue weighted by Gasteiger charge is -2.13. The fourth-order valence-corrected chi connectivity index (χ4v) is 1.94. The van der Waals surface area contributed by atoms with Gasteiger partial charge < -0.3 is 16.2 Å². The number of rotatable bonds is 9. The summed E-state index contributed by atoms with van der Waals surface area (Å²) in [5.74, 6) is 0. The van der Waals surface area contributed by atoms with E-state index in [2.05, 4.69) is 17.4 Å². The number of aliphatic hydroxyl groups excluding tert-OH is 1. The van der Waals surface area contributed by atoms with Gasteiger partial charge in [-0.25, -0.2) is 0 Å². The molecule has 1 atom stereocenters. The van der Waals surface area contributed by atoms with Gasteiger partial charge in [-0.15, -0.1) is 0 Å². The SMILES string of the molecule is NC(CCCCc1ccc(Cl)cc1)NCCCO. The fraction of sp³-hybridized carbons (Fsp3) is 0.571. The van der Waals surface area contributed by atoms with Crippen molar-refractivity contribution >= 4 is 11.6 Å². The van der Waals surface area contributed by atoms with Gasteiger partial charge in [-0.3, -0.25) is 0 Å². The molecule has 3 nitrogen and oxygen atoms in total. The number of halogens is 1. The van der Waals surface area contributed by atoms with Crippen LogP contribution in [0, 0.1) is 0 Å². The quantitative estimate of drug-likeness (QED) is 0.477. The number of hydrogen-bond donors (Lipinski definition) is 3. The summed E-state index contributed by atoms with van der Waals surface area (Å²) in [6.07, 6.45) is 5.09. The highest BCUT2D eigenvalue weighted by Gasteiger charge is 2.01. The van der Waals surface area contributed by atoms with Crippen LogP contribution in [0.1, 0.15) is 31.2 Å². The van der Waals surface area contributed by atoms with Crippen LogP contribution in [0.25, 0.3) is 0 Å². The van der Waals surface area contributed by atoms with Crippen LogP contribution >= 0.6 is 11.6 Å². The Hall–Kier alpha value is -0.610. The zero-order valence-electron chi connectivity index (χ0n) is 10.7. The normalized spacial score (nSPS) is 12.6. The van der Waals surface area contributed by atoms with Crippen molar-refractivity contribution in [2.24, 2.45) is 5.73 Å². The van der Waals surface area contributed by atoms with E-state index in [1.165, 1.54) is 5.56 Å². The summed E-state index contributed by atoms with van der Waals surface area (Å²) in [4.78, 5) is 0. The Bertz CT molecular complexity index is 316. The second kappa shape index (κ2) is 9.34. The van der Waals surface area contributed by atoms with Gasteiger partial charge in [0.25, 0.3) is 0 Å². The molecule has 0 aliphatic rings. The van der Waals surface area contributed by atoms with Crippen LogP contribution in [0.2, 0.25) is 5.02 Å². The molecule has 4 N–H and O–H groups in total. The van der Waals surface area contributed by atoms with Gasteiger partial charge >= 0.3 is 0 Å². The van der Waals surface area contributed by atoms with E-state index in [4.69, 9.17) is 22.4 Å². The Morgan fingerprint density at radius 3 is 2.56 bits per heavy atom. The number of benzene rings is 1. The van der Waals surface area contributed by atoms with Crippen molar-refractivity contribution in [3.8, 4) is 0 Å². The minimum Gasteiger partial charge on any atom is -0.396 e. The molecular formula is C14H23ClN2O. The maximum Gasteiger partial charge on any atom is 0.0546 e. The van der Waals surface area contributed by atoms with Gasteiger partial charge in [0, 0.05) is 11.6 Å². The van der Waals surface area contributed by atoms with Crippen molar-refractivity contribution in [2.45, 2.75) is 38.3 Å². The van der Waals surface area contributed by atoms with E-state index in [0.717, 1.165) is 43.7 Å². The molecule has 0 heterocycles. The topological polar surface area (TPSA) is 58.3 Å². The van der Waals surface area contributed by atoms with E-state index in [9.17, 15) is 0 Å². The van der Waals surface area contributed by atoms with E-state index in [1.807, 2.05) is 12.1 Å². The number of aryl methyl sites for hydroxylation is 1. The van der Waals surface area contributed by atoms with Crippen LogP contribution in [0.3, 0.4) is 0 Å². The van der Waals surface area contributed by atoms with Crippen LogP contribution in [0.4, 0.5) is 0 Å². The molecule has 4 heteroatoms. The standard InChI is InChI=1S/C14H23ClN2O/c15-13-8-6-12(7-9-13)4-1-2-5-14(16)17-10-3-11-18/h6-9,14,17-18H,1-5,10-11,16H2. The van der Waals surface area contributed by atoms with E-state index in [1.54, 1.807) is 0 Å². The van der Waals surface area contributed by atoms with Gasteiger partial charge in [-0.2, -0.15) is 0 Å². The predicted molar refractivity (Wildman–Crippen MR) is 76.7 cm³/mol. The third kappa shape index (κ3) is 6.97. The molecule has 0 radical (unpaired) electrons. The lowest BCUT2D eigenvalue weighted by Crippen LogP contribution is -2.38. The second-order valence-electron chi connectivity index (χ2n) is 4.51. The zero-order chi connectivity index (χ0) is 13.2. The predicted octanol–water partition coefficient (Wildman–Crippen LogP) is 2.31. The maximum atomic E-state index is 8.65. The Balaban J connectivity index is 2.05. The lowest BCUT2D eigenvalue weighted by molar-refractivity contribution is 0.282. The van der Waals surface area contributed by atoms with E-state index < -0.39 is 0 Å². The summed E-state index contributed by atoms with van der Waals surface area (Å²) in [6, 6.07) is 8.00. The molecule has 0 bridgehead atoms. The van der Waals surface area contributed by atoms with Crippen LogP contribution in [0.15, 0.2) is 24.3 Å². The minimum absolute atomic E-state index is 0.0433. The largest absolute Gasteiger partial charge is 0.396 e. The summed E-state index contributed by atoms with van der Waals surface area (Å²) in [5.41, 5.74) is 7.22.